The molecule has 0 unspecified atom stereocenters. The summed E-state index contributed by atoms with van der Waals surface area (Å²) < 4.78 is 10.5. The van der Waals surface area contributed by atoms with Gasteiger partial charge in [0.15, 0.2) is 0 Å². The van der Waals surface area contributed by atoms with E-state index in [0.717, 1.165) is 27.7 Å². The van der Waals surface area contributed by atoms with Crippen molar-refractivity contribution in [3.05, 3.63) is 88.7 Å². The molecule has 0 saturated heterocycles. The number of aryl methyl sites for hydroxylation is 2. The first-order chi connectivity index (χ1) is 15.5. The number of methoxy groups -OCH3 is 1. The van der Waals surface area contributed by atoms with Crippen molar-refractivity contribution in [2.24, 2.45) is 0 Å². The Morgan fingerprint density at radius 1 is 1.00 bits per heavy atom. The maximum Gasteiger partial charge on any atom is 0.343 e. The number of aromatic amines is 1. The zero-order chi connectivity index (χ0) is 22.7. The molecule has 0 atom stereocenters. The number of H-pyrrole nitrogens is 1. The van der Waals surface area contributed by atoms with E-state index in [0.29, 0.717) is 28.5 Å². The number of rotatable bonds is 5. The van der Waals surface area contributed by atoms with Gasteiger partial charge in [0.1, 0.15) is 23.4 Å². The first-order valence-electron chi connectivity index (χ1n) is 10.0. The van der Waals surface area contributed by atoms with Crippen LogP contribution >= 0.6 is 0 Å². The summed E-state index contributed by atoms with van der Waals surface area (Å²) in [5, 5.41) is 9.66. The molecule has 0 aliphatic rings. The van der Waals surface area contributed by atoms with Crippen molar-refractivity contribution in [1.82, 2.24) is 9.97 Å². The molecular formula is C26H21N3O3. The topological polar surface area (TPSA) is 88.0 Å². The van der Waals surface area contributed by atoms with Crippen molar-refractivity contribution in [2.75, 3.05) is 7.11 Å². The van der Waals surface area contributed by atoms with Gasteiger partial charge >= 0.3 is 5.97 Å². The number of nitrogens with zero attached hydrogens (tertiary/aromatic N) is 2. The zero-order valence-electron chi connectivity index (χ0n) is 18.0. The van der Waals surface area contributed by atoms with Crippen LogP contribution in [0.25, 0.3) is 22.7 Å². The molecule has 0 radical (unpaired) electrons. The molecule has 6 nitrogen and oxygen atoms in total. The minimum atomic E-state index is -0.457. The van der Waals surface area contributed by atoms with Gasteiger partial charge in [-0.15, -0.1) is 0 Å². The lowest BCUT2D eigenvalue weighted by Gasteiger charge is -2.06. The molecule has 0 aliphatic carbocycles. The lowest BCUT2D eigenvalue weighted by molar-refractivity contribution is 0.0734. The Balaban J connectivity index is 1.52. The lowest BCUT2D eigenvalue weighted by atomic mass is 10.1. The summed E-state index contributed by atoms with van der Waals surface area (Å²) in [4.78, 5) is 20.1. The Hall–Kier alpha value is -4.37. The highest BCUT2D eigenvalue weighted by Crippen LogP contribution is 2.23. The number of allylic oxidation sites excluding steroid dienone is 1. The molecule has 32 heavy (non-hydrogen) atoms. The Labute approximate surface area is 185 Å². The molecule has 6 heteroatoms. The van der Waals surface area contributed by atoms with Crippen LogP contribution in [0, 0.1) is 25.2 Å². The van der Waals surface area contributed by atoms with Crippen molar-refractivity contribution < 1.29 is 14.3 Å². The van der Waals surface area contributed by atoms with Crippen LogP contribution in [0.3, 0.4) is 0 Å². The quantitative estimate of drug-likeness (QED) is 0.261. The number of fused-ring (bicyclic) bond motifs is 1. The minimum absolute atomic E-state index is 0.413. The highest BCUT2D eigenvalue weighted by Gasteiger charge is 2.11. The summed E-state index contributed by atoms with van der Waals surface area (Å²) in [5.74, 6) is 1.14. The van der Waals surface area contributed by atoms with Crippen molar-refractivity contribution in [2.45, 2.75) is 13.8 Å². The molecule has 158 valence electrons. The molecule has 0 aliphatic heterocycles. The number of imidazole rings is 1. The average Bonchev–Trinajstić information content (AvgIpc) is 3.21. The number of esters is 1. The summed E-state index contributed by atoms with van der Waals surface area (Å²) >= 11 is 0. The number of carbonyl (C=O) groups is 1. The first-order valence-corrected chi connectivity index (χ1v) is 10.0. The van der Waals surface area contributed by atoms with Crippen LogP contribution in [0.4, 0.5) is 0 Å². The van der Waals surface area contributed by atoms with Crippen LogP contribution in [0.5, 0.6) is 11.5 Å². The SMILES string of the molecule is COc1ccc(C(=O)Oc2ccc(/C=C(\C#N)c3nc4cc(C)c(C)cc4[nH]3)cc2)cc1. The van der Waals surface area contributed by atoms with Gasteiger partial charge in [0, 0.05) is 0 Å². The number of benzene rings is 3. The monoisotopic (exact) mass is 423 g/mol. The smallest absolute Gasteiger partial charge is 0.343 e. The van der Waals surface area contributed by atoms with E-state index >= 15 is 0 Å². The van der Waals surface area contributed by atoms with Crippen molar-refractivity contribution in [1.29, 1.82) is 5.26 Å². The highest BCUT2D eigenvalue weighted by molar-refractivity contribution is 5.92. The summed E-state index contributed by atoms with van der Waals surface area (Å²) in [6.45, 7) is 4.08. The summed E-state index contributed by atoms with van der Waals surface area (Å²) in [5.41, 5.74) is 5.66. The van der Waals surface area contributed by atoms with E-state index in [1.54, 1.807) is 61.7 Å². The number of carbonyl (C=O) groups excluding carboxylic acids is 1. The van der Waals surface area contributed by atoms with E-state index in [1.165, 1.54) is 0 Å². The van der Waals surface area contributed by atoms with Gasteiger partial charge in [-0.05, 0) is 85.1 Å². The zero-order valence-corrected chi connectivity index (χ0v) is 18.0. The Kier molecular flexibility index (Phi) is 5.73. The van der Waals surface area contributed by atoms with Gasteiger partial charge in [0.25, 0.3) is 0 Å². The van der Waals surface area contributed by atoms with Crippen molar-refractivity contribution >= 4 is 28.7 Å². The average molecular weight is 423 g/mol. The number of nitriles is 1. The Morgan fingerprint density at radius 3 is 2.31 bits per heavy atom. The second-order valence-corrected chi connectivity index (χ2v) is 7.40. The predicted molar refractivity (Wildman–Crippen MR) is 123 cm³/mol. The third kappa shape index (κ3) is 4.37. The molecule has 1 N–H and O–H groups in total. The fraction of sp³-hybridized carbons (Fsp3) is 0.115. The summed E-state index contributed by atoms with van der Waals surface area (Å²) in [6, 6.07) is 19.9. The van der Waals surface area contributed by atoms with Crippen LogP contribution in [-0.2, 0) is 0 Å². The molecule has 0 amide bonds. The lowest BCUT2D eigenvalue weighted by Crippen LogP contribution is -2.08. The third-order valence-electron chi connectivity index (χ3n) is 5.20. The fourth-order valence-corrected chi connectivity index (χ4v) is 3.24. The Morgan fingerprint density at radius 2 is 1.66 bits per heavy atom. The molecule has 4 aromatic rings. The van der Waals surface area contributed by atoms with E-state index in [4.69, 9.17) is 9.47 Å². The van der Waals surface area contributed by atoms with Gasteiger partial charge in [-0.2, -0.15) is 5.26 Å². The molecular weight excluding hydrogens is 402 g/mol. The van der Waals surface area contributed by atoms with Crippen LogP contribution in [0.15, 0.2) is 60.7 Å². The predicted octanol–water partition coefficient (Wildman–Crippen LogP) is 5.47. The van der Waals surface area contributed by atoms with Gasteiger partial charge in [-0.3, -0.25) is 0 Å². The van der Waals surface area contributed by atoms with Crippen LogP contribution in [0.1, 0.15) is 32.9 Å². The molecule has 4 rings (SSSR count). The number of hydrogen-bond donors (Lipinski definition) is 1. The van der Waals surface area contributed by atoms with Gasteiger partial charge < -0.3 is 14.5 Å². The van der Waals surface area contributed by atoms with Gasteiger partial charge in [0.05, 0.1) is 29.3 Å². The number of nitrogens with one attached hydrogen (secondary N) is 1. The summed E-state index contributed by atoms with van der Waals surface area (Å²) in [6.07, 6.45) is 1.74. The number of hydrogen-bond acceptors (Lipinski definition) is 5. The van der Waals surface area contributed by atoms with E-state index in [2.05, 4.69) is 16.0 Å². The fourth-order valence-electron chi connectivity index (χ4n) is 3.24. The van der Waals surface area contributed by atoms with Gasteiger partial charge in [-0.25, -0.2) is 9.78 Å². The molecule has 3 aromatic carbocycles. The second kappa shape index (κ2) is 8.78. The normalized spacial score (nSPS) is 11.2. The largest absolute Gasteiger partial charge is 0.497 e. The number of ether oxygens (including phenoxy) is 2. The Bertz CT molecular complexity index is 1320. The molecule has 0 spiro atoms. The first kappa shape index (κ1) is 20.9. The van der Waals surface area contributed by atoms with Crippen LogP contribution in [-0.4, -0.2) is 23.0 Å². The maximum absolute atomic E-state index is 12.3. The van der Waals surface area contributed by atoms with Crippen LogP contribution in [0.2, 0.25) is 0 Å². The highest BCUT2D eigenvalue weighted by atomic mass is 16.5. The van der Waals surface area contributed by atoms with E-state index in [-0.39, 0.29) is 0 Å². The van der Waals surface area contributed by atoms with E-state index in [1.807, 2.05) is 26.0 Å². The minimum Gasteiger partial charge on any atom is -0.497 e. The van der Waals surface area contributed by atoms with Gasteiger partial charge in [-0.1, -0.05) is 12.1 Å². The van der Waals surface area contributed by atoms with Crippen molar-refractivity contribution in [3.8, 4) is 17.6 Å². The van der Waals surface area contributed by atoms with Gasteiger partial charge in [0.2, 0.25) is 0 Å². The third-order valence-corrected chi connectivity index (χ3v) is 5.20. The molecule has 0 saturated carbocycles. The van der Waals surface area contributed by atoms with Crippen molar-refractivity contribution in [3.63, 3.8) is 0 Å². The molecule has 1 aromatic heterocycles. The van der Waals surface area contributed by atoms with E-state index < -0.39 is 5.97 Å². The molecule has 0 bridgehead atoms. The second-order valence-electron chi connectivity index (χ2n) is 7.40. The van der Waals surface area contributed by atoms with Crippen LogP contribution < -0.4 is 9.47 Å². The standard InChI is InChI=1S/C26H21N3O3/c1-16-12-23-24(13-17(16)2)29-25(28-23)20(15-27)14-18-4-8-22(9-5-18)32-26(30)19-6-10-21(31-3)11-7-19/h4-14H,1-3H3,(H,28,29)/b20-14+. The summed E-state index contributed by atoms with van der Waals surface area (Å²) in [7, 11) is 1.57. The number of aromatic nitrogens is 2. The molecule has 1 heterocycles. The molecule has 0 fully saturated rings. The van der Waals surface area contributed by atoms with E-state index in [9.17, 15) is 10.1 Å². The maximum atomic E-state index is 12.3.